The molecule has 75 heavy (non-hydrogen) atoms. The van der Waals surface area contributed by atoms with Crippen LogP contribution in [0, 0.1) is 18.8 Å². The van der Waals surface area contributed by atoms with Crippen molar-refractivity contribution in [3.05, 3.63) is 187 Å². The molecular formula is C68H70BN4OPt-3. The zero-order chi connectivity index (χ0) is 52.1. The van der Waals surface area contributed by atoms with Crippen molar-refractivity contribution in [1.82, 2.24) is 9.55 Å². The van der Waals surface area contributed by atoms with Gasteiger partial charge in [0.2, 0.25) is 0 Å². The molecular weight excluding hydrogens is 1090 g/mol. The molecule has 0 saturated heterocycles. The van der Waals surface area contributed by atoms with Gasteiger partial charge in [0.15, 0.2) is 6.71 Å². The van der Waals surface area contributed by atoms with Crippen LogP contribution in [0.5, 0.6) is 11.5 Å². The summed E-state index contributed by atoms with van der Waals surface area (Å²) in [4.78, 5) is 9.68. The summed E-state index contributed by atoms with van der Waals surface area (Å²) in [6.07, 6.45) is 5.31. The quantitative estimate of drug-likeness (QED) is 0.101. The second-order valence-electron chi connectivity index (χ2n) is 24.9. The van der Waals surface area contributed by atoms with Crippen LogP contribution in [0.25, 0.3) is 49.9 Å². The molecule has 9 aromatic rings. The number of nitrogens with zero attached hydrogens (tertiary/aromatic N) is 4. The van der Waals surface area contributed by atoms with Crippen molar-refractivity contribution in [2.24, 2.45) is 0 Å². The number of benzene rings is 7. The molecule has 0 N–H and O–H groups in total. The van der Waals surface area contributed by atoms with Crippen LogP contribution in [0.15, 0.2) is 146 Å². The number of aromatic nitrogens is 2. The summed E-state index contributed by atoms with van der Waals surface area (Å²) in [5, 5.41) is 2.58. The Kier molecular flexibility index (Phi) is 13.4. The third-order valence-corrected chi connectivity index (χ3v) is 15.4. The van der Waals surface area contributed by atoms with Gasteiger partial charge in [-0.05, 0) is 97.5 Å². The molecule has 384 valence electrons. The molecule has 2 aliphatic heterocycles. The van der Waals surface area contributed by atoms with Gasteiger partial charge < -0.3 is 19.1 Å². The second kappa shape index (κ2) is 19.3. The number of para-hydroxylation sites is 2. The number of anilines is 4. The van der Waals surface area contributed by atoms with E-state index in [-0.39, 0.29) is 49.4 Å². The topological polar surface area (TPSA) is 33.5 Å². The maximum atomic E-state index is 7.01. The first-order valence-electron chi connectivity index (χ1n) is 26.8. The fourth-order valence-electron chi connectivity index (χ4n) is 11.2. The van der Waals surface area contributed by atoms with E-state index in [0.717, 1.165) is 58.8 Å². The molecule has 0 aliphatic carbocycles. The first-order valence-corrected chi connectivity index (χ1v) is 26.8. The van der Waals surface area contributed by atoms with Crippen LogP contribution >= 0.6 is 0 Å². The maximum absolute atomic E-state index is 7.01. The third-order valence-electron chi connectivity index (χ3n) is 15.4. The molecule has 11 rings (SSSR count). The molecule has 0 fully saturated rings. The average molecular weight is 1170 g/mol. The summed E-state index contributed by atoms with van der Waals surface area (Å²) in [6.45, 7) is 32.5. The number of pyridine rings is 1. The second-order valence-corrected chi connectivity index (χ2v) is 24.9. The molecule has 0 unspecified atom stereocenters. The molecule has 0 amide bonds. The van der Waals surface area contributed by atoms with Crippen molar-refractivity contribution in [3.8, 4) is 39.6 Å². The molecule has 7 heteroatoms. The van der Waals surface area contributed by atoms with Gasteiger partial charge in [0, 0.05) is 72.5 Å². The Morgan fingerprint density at radius 3 is 1.81 bits per heavy atom. The van der Waals surface area contributed by atoms with Crippen LogP contribution in [-0.2, 0) is 42.7 Å². The van der Waals surface area contributed by atoms with E-state index >= 15 is 0 Å². The minimum atomic E-state index is -0.107. The fourth-order valence-corrected chi connectivity index (χ4v) is 11.2. The van der Waals surface area contributed by atoms with Gasteiger partial charge in [-0.1, -0.05) is 198 Å². The summed E-state index contributed by atoms with van der Waals surface area (Å²) in [7, 11) is 0. The summed E-state index contributed by atoms with van der Waals surface area (Å²) >= 11 is 0. The van der Waals surface area contributed by atoms with E-state index in [1.165, 1.54) is 66.2 Å². The molecule has 2 aromatic heterocycles. The van der Waals surface area contributed by atoms with Crippen LogP contribution in [-0.4, -0.2) is 16.3 Å². The van der Waals surface area contributed by atoms with Crippen molar-refractivity contribution in [2.75, 3.05) is 9.80 Å². The van der Waals surface area contributed by atoms with Crippen LogP contribution in [0.2, 0.25) is 6.32 Å². The number of ether oxygens (including phenoxy) is 1. The third kappa shape index (κ3) is 9.56. The molecule has 2 aliphatic rings. The van der Waals surface area contributed by atoms with E-state index in [9.17, 15) is 0 Å². The van der Waals surface area contributed by atoms with Gasteiger partial charge in [0.25, 0.3) is 0 Å². The summed E-state index contributed by atoms with van der Waals surface area (Å²) < 4.78 is 9.31. The number of rotatable bonds is 10. The SMILES string of the molecule is CCCCB1c2cc(Oc3[c-]c(N4[CH-]N(c5c(-c6ccccc6)cc(C(C)(C)C)cc5-c5cc(C(C)(C)C)cc(C(C)(C)C)c5)c5ccccc54)ccc3)[c-]c3c2c2c1cccc2n3-c1cc(C(C)(C)C)ccn1.[Pt]. The Hall–Kier alpha value is -6.36. The smallest absolute Gasteiger partial charge is 0.184 e. The number of hydrogen-bond acceptors (Lipinski definition) is 4. The molecule has 4 heterocycles. The fraction of sp³-hybridized carbons (Fsp3) is 0.294. The number of hydrogen-bond donors (Lipinski definition) is 0. The van der Waals surface area contributed by atoms with E-state index in [2.05, 4.69) is 257 Å². The Morgan fingerprint density at radius 1 is 0.547 bits per heavy atom. The summed E-state index contributed by atoms with van der Waals surface area (Å²) in [6, 6.07) is 59.0. The van der Waals surface area contributed by atoms with Gasteiger partial charge in [-0.15, -0.1) is 48.1 Å². The van der Waals surface area contributed by atoms with Crippen LogP contribution in [0.1, 0.15) is 125 Å². The number of unbranched alkanes of at least 4 members (excludes halogenated alkanes) is 1. The van der Waals surface area contributed by atoms with Gasteiger partial charge >= 0.3 is 0 Å². The maximum Gasteiger partial charge on any atom is 0.184 e. The average Bonchev–Trinajstić information content (AvgIpc) is 4.09. The van der Waals surface area contributed by atoms with Crippen molar-refractivity contribution in [2.45, 2.75) is 131 Å². The van der Waals surface area contributed by atoms with E-state index < -0.39 is 0 Å². The number of fused-ring (bicyclic) bond motifs is 1. The van der Waals surface area contributed by atoms with Crippen LogP contribution < -0.4 is 25.5 Å². The zero-order valence-electron chi connectivity index (χ0n) is 46.1. The van der Waals surface area contributed by atoms with E-state index in [0.29, 0.717) is 11.5 Å². The molecule has 0 radical (unpaired) electrons. The Morgan fingerprint density at radius 2 is 1.16 bits per heavy atom. The minimum Gasteiger partial charge on any atom is -0.509 e. The molecule has 0 atom stereocenters. The largest absolute Gasteiger partial charge is 0.509 e. The van der Waals surface area contributed by atoms with E-state index in [4.69, 9.17) is 9.72 Å². The molecule has 0 saturated carbocycles. The Balaban J connectivity index is 0.00000641. The van der Waals surface area contributed by atoms with Crippen molar-refractivity contribution < 1.29 is 25.8 Å². The standard InChI is InChI=1S/C68H70BN4O.Pt/c1-14-15-32-69-55-27-22-30-59-62(55)63-56(69)41-52(42-60(63)73(59)61-39-46(31-33-70-61)65(2,3)4)74-51-26-21-25-50(40-51)71-43-72(58-29-20-19-28-57(58)71)64-53(44-23-17-16-18-24-44)37-49(68(11,12)13)38-54(64)45-34-47(66(5,6)7)36-48(35-45)67(8,9)10;/h16-31,33-39,41,43H,14-15,32H2,1-13H3;/q-3;. The first-order chi connectivity index (χ1) is 35.2. The Labute approximate surface area is 461 Å². The van der Waals surface area contributed by atoms with Crippen LogP contribution in [0.3, 0.4) is 0 Å². The van der Waals surface area contributed by atoms with Crippen molar-refractivity contribution in [3.63, 3.8) is 0 Å². The van der Waals surface area contributed by atoms with Gasteiger partial charge in [-0.3, -0.25) is 0 Å². The zero-order valence-corrected chi connectivity index (χ0v) is 48.4. The summed E-state index contributed by atoms with van der Waals surface area (Å²) in [5.41, 5.74) is 18.7. The van der Waals surface area contributed by atoms with Gasteiger partial charge in [-0.25, -0.2) is 4.98 Å². The minimum absolute atomic E-state index is 0. The molecule has 0 bridgehead atoms. The van der Waals surface area contributed by atoms with E-state index in [1.807, 2.05) is 12.3 Å². The summed E-state index contributed by atoms with van der Waals surface area (Å²) in [5.74, 6) is 2.19. The van der Waals surface area contributed by atoms with E-state index in [1.54, 1.807) is 0 Å². The van der Waals surface area contributed by atoms with Gasteiger partial charge in [0.05, 0.1) is 0 Å². The van der Waals surface area contributed by atoms with Gasteiger partial charge in [0.1, 0.15) is 5.82 Å². The predicted molar refractivity (Wildman–Crippen MR) is 315 cm³/mol. The molecule has 7 aromatic carbocycles. The van der Waals surface area contributed by atoms with Crippen molar-refractivity contribution >= 4 is 62.2 Å². The molecule has 0 spiro atoms. The van der Waals surface area contributed by atoms with Gasteiger partial charge in [-0.2, -0.15) is 11.5 Å². The Bertz CT molecular complexity index is 3590. The van der Waals surface area contributed by atoms with Crippen LogP contribution in [0.4, 0.5) is 22.7 Å². The molecule has 5 nitrogen and oxygen atoms in total. The first kappa shape index (κ1) is 52.1. The van der Waals surface area contributed by atoms with Crippen molar-refractivity contribution in [1.29, 1.82) is 0 Å². The normalized spacial score (nSPS) is 13.6. The predicted octanol–water partition coefficient (Wildman–Crippen LogP) is 17.2. The monoisotopic (exact) mass is 1160 g/mol.